The van der Waals surface area contributed by atoms with Crippen molar-refractivity contribution in [3.05, 3.63) is 68.4 Å². The van der Waals surface area contributed by atoms with E-state index in [0.29, 0.717) is 11.1 Å². The number of hydrogen-bond acceptors (Lipinski definition) is 6. The zero-order valence-electron chi connectivity index (χ0n) is 11.1. The first-order valence-corrected chi connectivity index (χ1v) is 5.90. The van der Waals surface area contributed by atoms with Gasteiger partial charge in [0.1, 0.15) is 6.20 Å². The van der Waals surface area contributed by atoms with Crippen molar-refractivity contribution in [3.8, 4) is 0 Å². The molecular weight excluding hydrogens is 278 g/mol. The number of benzene rings is 1. The van der Waals surface area contributed by atoms with Crippen molar-refractivity contribution in [1.82, 2.24) is 9.55 Å². The summed E-state index contributed by atoms with van der Waals surface area (Å²) >= 11 is 0. The van der Waals surface area contributed by atoms with Crippen LogP contribution >= 0.6 is 0 Å². The van der Waals surface area contributed by atoms with Gasteiger partial charge in [0, 0.05) is 0 Å². The molecule has 21 heavy (non-hydrogen) atoms. The van der Waals surface area contributed by atoms with Crippen LogP contribution in [0.1, 0.15) is 15.9 Å². The van der Waals surface area contributed by atoms with Crippen molar-refractivity contribution < 1.29 is 14.5 Å². The Morgan fingerprint density at radius 3 is 2.81 bits per heavy atom. The Morgan fingerprint density at radius 2 is 2.14 bits per heavy atom. The Bertz CT molecular complexity index is 753. The zero-order chi connectivity index (χ0) is 15.4. The third-order valence-electron chi connectivity index (χ3n) is 2.82. The van der Waals surface area contributed by atoms with Crippen molar-refractivity contribution in [2.75, 3.05) is 7.11 Å². The number of nitro groups is 1. The van der Waals surface area contributed by atoms with Crippen LogP contribution in [0.3, 0.4) is 0 Å². The summed E-state index contributed by atoms with van der Waals surface area (Å²) in [6.45, 7) is -0.0151. The summed E-state index contributed by atoms with van der Waals surface area (Å²) in [5.74, 6) is -0.544. The summed E-state index contributed by atoms with van der Waals surface area (Å²) in [7, 11) is 1.25. The molecule has 0 radical (unpaired) electrons. The summed E-state index contributed by atoms with van der Waals surface area (Å²) in [6, 6.07) is 6.54. The lowest BCUT2D eigenvalue weighted by molar-refractivity contribution is -0.385. The van der Waals surface area contributed by atoms with Gasteiger partial charge in [0.05, 0.1) is 30.3 Å². The summed E-state index contributed by atoms with van der Waals surface area (Å²) in [5, 5.41) is 10.7. The highest BCUT2D eigenvalue weighted by Gasteiger charge is 2.14. The van der Waals surface area contributed by atoms with Crippen LogP contribution in [-0.2, 0) is 11.3 Å². The van der Waals surface area contributed by atoms with Crippen molar-refractivity contribution >= 4 is 11.7 Å². The molecule has 0 N–H and O–H groups in total. The molecule has 0 fully saturated rings. The van der Waals surface area contributed by atoms with Crippen LogP contribution in [0.4, 0.5) is 5.69 Å². The molecule has 2 rings (SSSR count). The van der Waals surface area contributed by atoms with Crippen molar-refractivity contribution in [1.29, 1.82) is 0 Å². The molecule has 108 valence electrons. The Balaban J connectivity index is 2.43. The van der Waals surface area contributed by atoms with Crippen molar-refractivity contribution in [2.24, 2.45) is 0 Å². The third-order valence-corrected chi connectivity index (χ3v) is 2.82. The van der Waals surface area contributed by atoms with Gasteiger partial charge in [-0.15, -0.1) is 0 Å². The Hall–Kier alpha value is -3.03. The van der Waals surface area contributed by atoms with Gasteiger partial charge in [-0.05, 0) is 11.6 Å². The molecule has 8 nitrogen and oxygen atoms in total. The number of rotatable bonds is 4. The molecule has 1 aromatic carbocycles. The fraction of sp³-hybridized carbons (Fsp3) is 0.154. The van der Waals surface area contributed by atoms with Gasteiger partial charge in [0.15, 0.2) is 0 Å². The van der Waals surface area contributed by atoms with Gasteiger partial charge in [0.2, 0.25) is 0 Å². The first-order chi connectivity index (χ1) is 10.0. The lowest BCUT2D eigenvalue weighted by atomic mass is 10.1. The largest absolute Gasteiger partial charge is 0.465 e. The smallest absolute Gasteiger partial charge is 0.348 e. The molecule has 0 aliphatic carbocycles. The summed E-state index contributed by atoms with van der Waals surface area (Å²) < 4.78 is 5.73. The zero-order valence-corrected chi connectivity index (χ0v) is 11.1. The average molecular weight is 289 g/mol. The van der Waals surface area contributed by atoms with E-state index in [1.807, 2.05) is 0 Å². The minimum atomic E-state index is -0.644. The summed E-state index contributed by atoms with van der Waals surface area (Å²) in [4.78, 5) is 36.8. The topological polar surface area (TPSA) is 104 Å². The lowest BCUT2D eigenvalue weighted by Gasteiger charge is -2.09. The molecule has 0 saturated carbocycles. The minimum absolute atomic E-state index is 0.0151. The average Bonchev–Trinajstić information content (AvgIpc) is 2.49. The predicted molar refractivity (Wildman–Crippen MR) is 72.0 cm³/mol. The van der Waals surface area contributed by atoms with Crippen LogP contribution in [0.25, 0.3) is 0 Å². The second-order valence-electron chi connectivity index (χ2n) is 4.13. The van der Waals surface area contributed by atoms with E-state index in [2.05, 4.69) is 9.72 Å². The molecule has 0 aliphatic heterocycles. The van der Waals surface area contributed by atoms with Crippen LogP contribution in [0, 0.1) is 10.1 Å². The molecular formula is C13H11N3O5. The Labute approximate surface area is 118 Å². The Morgan fingerprint density at radius 1 is 1.43 bits per heavy atom. The van der Waals surface area contributed by atoms with Crippen LogP contribution in [0.2, 0.25) is 0 Å². The monoisotopic (exact) mass is 289 g/mol. The predicted octanol–water partition coefficient (Wildman–Crippen LogP) is 0.986. The van der Waals surface area contributed by atoms with Crippen LogP contribution in [0.15, 0.2) is 41.5 Å². The van der Waals surface area contributed by atoms with E-state index in [1.54, 1.807) is 24.3 Å². The highest BCUT2D eigenvalue weighted by atomic mass is 16.6. The number of methoxy groups -OCH3 is 1. The lowest BCUT2D eigenvalue weighted by Crippen LogP contribution is -2.24. The molecule has 0 saturated heterocycles. The molecule has 0 atom stereocenters. The number of hydrogen-bond donors (Lipinski definition) is 0. The molecule has 8 heteroatoms. The number of esters is 1. The van der Waals surface area contributed by atoms with Gasteiger partial charge < -0.3 is 4.74 Å². The van der Waals surface area contributed by atoms with Crippen molar-refractivity contribution in [2.45, 2.75) is 6.54 Å². The number of ether oxygens (including phenoxy) is 1. The Kier molecular flexibility index (Phi) is 4.07. The number of carbonyl (C=O) groups is 1. The number of nitrogens with zero attached hydrogens (tertiary/aromatic N) is 3. The second kappa shape index (κ2) is 5.95. The van der Waals surface area contributed by atoms with E-state index >= 15 is 0 Å². The second-order valence-corrected chi connectivity index (χ2v) is 4.13. The van der Waals surface area contributed by atoms with Gasteiger partial charge in [-0.2, -0.15) is 4.98 Å². The fourth-order valence-corrected chi connectivity index (χ4v) is 1.80. The van der Waals surface area contributed by atoms with Gasteiger partial charge in [-0.3, -0.25) is 14.7 Å². The molecule has 0 unspecified atom stereocenters. The highest BCUT2D eigenvalue weighted by molar-refractivity contribution is 5.90. The standard InChI is InChI=1S/C13H11N3O5/c1-21-12(17)11-5-3-2-4-9(11)7-15-8-10(16(19)20)6-14-13(15)18/h2-6,8H,7H2,1H3. The van der Waals surface area contributed by atoms with E-state index in [4.69, 9.17) is 0 Å². The molecule has 1 heterocycles. The van der Waals surface area contributed by atoms with E-state index < -0.39 is 16.6 Å². The van der Waals surface area contributed by atoms with Crippen LogP contribution in [0.5, 0.6) is 0 Å². The maximum absolute atomic E-state index is 11.7. The molecule has 0 bridgehead atoms. The van der Waals surface area contributed by atoms with Gasteiger partial charge in [-0.1, -0.05) is 18.2 Å². The molecule has 0 aliphatic rings. The van der Waals surface area contributed by atoms with E-state index in [0.717, 1.165) is 17.0 Å². The first-order valence-electron chi connectivity index (χ1n) is 5.90. The maximum Gasteiger partial charge on any atom is 0.348 e. The fourth-order valence-electron chi connectivity index (χ4n) is 1.80. The molecule has 2 aromatic rings. The normalized spacial score (nSPS) is 10.1. The summed E-state index contributed by atoms with van der Waals surface area (Å²) in [6.07, 6.45) is 1.98. The molecule has 1 aromatic heterocycles. The summed E-state index contributed by atoms with van der Waals surface area (Å²) in [5.41, 5.74) is -0.141. The highest BCUT2D eigenvalue weighted by Crippen LogP contribution is 2.12. The quantitative estimate of drug-likeness (QED) is 0.472. The number of aromatic nitrogens is 2. The van der Waals surface area contributed by atoms with Gasteiger partial charge in [-0.25, -0.2) is 9.59 Å². The third kappa shape index (κ3) is 3.11. The first kappa shape index (κ1) is 14.4. The molecule has 0 spiro atoms. The van der Waals surface area contributed by atoms with Crippen molar-refractivity contribution in [3.63, 3.8) is 0 Å². The van der Waals surface area contributed by atoms with E-state index in [1.165, 1.54) is 7.11 Å². The van der Waals surface area contributed by atoms with Gasteiger partial charge in [0.25, 0.3) is 0 Å². The number of carbonyl (C=O) groups excluding carboxylic acids is 1. The van der Waals surface area contributed by atoms with E-state index in [9.17, 15) is 19.7 Å². The molecule has 0 amide bonds. The minimum Gasteiger partial charge on any atom is -0.465 e. The van der Waals surface area contributed by atoms with Crippen LogP contribution < -0.4 is 5.69 Å². The maximum atomic E-state index is 11.7. The SMILES string of the molecule is COC(=O)c1ccccc1Cn1cc([N+](=O)[O-])cnc1=O. The van der Waals surface area contributed by atoms with Gasteiger partial charge >= 0.3 is 17.3 Å². The van der Waals surface area contributed by atoms with Crippen LogP contribution in [-0.4, -0.2) is 27.6 Å². The van der Waals surface area contributed by atoms with E-state index in [-0.39, 0.29) is 12.2 Å².